The first-order valence-electron chi connectivity index (χ1n) is 11.7. The van der Waals surface area contributed by atoms with Crippen molar-refractivity contribution in [2.45, 2.75) is 44.1 Å². The number of carbonyl (C=O) groups excluding carboxylic acids is 1. The summed E-state index contributed by atoms with van der Waals surface area (Å²) >= 11 is 2.74. The molecule has 2 aromatic heterocycles. The normalized spacial score (nSPS) is 17.1. The number of rotatable bonds is 7. The number of para-hydroxylation sites is 3. The third kappa shape index (κ3) is 4.66. The summed E-state index contributed by atoms with van der Waals surface area (Å²) in [5.41, 5.74) is 1.94. The number of benzene rings is 2. The number of hydrogen-bond donors (Lipinski definition) is 1. The van der Waals surface area contributed by atoms with E-state index in [2.05, 4.69) is 19.2 Å². The van der Waals surface area contributed by atoms with Gasteiger partial charge in [0.1, 0.15) is 10.6 Å². The number of thiophene rings is 1. The molecule has 1 aliphatic rings. The summed E-state index contributed by atoms with van der Waals surface area (Å²) in [5, 5.41) is 4.02. The number of nitrogens with one attached hydrogen (secondary N) is 1. The number of amides is 1. The first-order valence-corrected chi connectivity index (χ1v) is 13.5. The summed E-state index contributed by atoms with van der Waals surface area (Å²) in [6.07, 6.45) is 1.54. The average molecular weight is 522 g/mol. The van der Waals surface area contributed by atoms with Crippen molar-refractivity contribution >= 4 is 44.9 Å². The number of nitrogens with zero attached hydrogens (tertiary/aromatic N) is 2. The van der Waals surface area contributed by atoms with Crippen LogP contribution in [0, 0.1) is 0 Å². The predicted octanol–water partition coefficient (Wildman–Crippen LogP) is 5.43. The van der Waals surface area contributed by atoms with Crippen LogP contribution in [0.3, 0.4) is 0 Å². The topological polar surface area (TPSA) is 82.5 Å². The van der Waals surface area contributed by atoms with Gasteiger partial charge in [-0.2, -0.15) is 0 Å². The van der Waals surface area contributed by atoms with Crippen LogP contribution in [0.4, 0.5) is 5.69 Å². The summed E-state index contributed by atoms with van der Waals surface area (Å²) in [4.78, 5) is 33.4. The van der Waals surface area contributed by atoms with Crippen LogP contribution in [0.2, 0.25) is 0 Å². The minimum Gasteiger partial charge on any atom is -0.495 e. The number of ether oxygens (including phenoxy) is 2. The number of carbonyl (C=O) groups is 1. The molecule has 9 heteroatoms. The van der Waals surface area contributed by atoms with Crippen molar-refractivity contribution in [3.05, 3.63) is 75.4 Å². The SMILES string of the molecule is CCC1(C)Cc2c(sc3nc(SCC(=O)Nc4ccccc4OC)n(-c4ccccc4)c(=O)c23)CO1. The lowest BCUT2D eigenvalue weighted by Gasteiger charge is -2.32. The van der Waals surface area contributed by atoms with Crippen LogP contribution >= 0.6 is 23.1 Å². The van der Waals surface area contributed by atoms with E-state index in [0.29, 0.717) is 39.8 Å². The molecule has 1 N–H and O–H groups in total. The smallest absolute Gasteiger partial charge is 0.267 e. The van der Waals surface area contributed by atoms with Gasteiger partial charge >= 0.3 is 0 Å². The Balaban J connectivity index is 1.52. The van der Waals surface area contributed by atoms with E-state index in [-0.39, 0.29) is 22.8 Å². The van der Waals surface area contributed by atoms with Crippen molar-refractivity contribution in [3.8, 4) is 11.4 Å². The van der Waals surface area contributed by atoms with Crippen molar-refractivity contribution in [2.24, 2.45) is 0 Å². The summed E-state index contributed by atoms with van der Waals surface area (Å²) in [7, 11) is 1.56. The van der Waals surface area contributed by atoms with Gasteiger partial charge in [-0.1, -0.05) is 49.0 Å². The molecule has 1 atom stereocenters. The number of hydrogen-bond acceptors (Lipinski definition) is 7. The molecule has 1 amide bonds. The molecule has 186 valence electrons. The fraction of sp³-hybridized carbons (Fsp3) is 0.296. The van der Waals surface area contributed by atoms with E-state index in [1.165, 1.54) is 23.1 Å². The molecular weight excluding hydrogens is 494 g/mol. The van der Waals surface area contributed by atoms with Gasteiger partial charge in [0.15, 0.2) is 5.16 Å². The molecule has 1 aliphatic heterocycles. The van der Waals surface area contributed by atoms with Crippen molar-refractivity contribution in [3.63, 3.8) is 0 Å². The Morgan fingerprint density at radius 2 is 1.97 bits per heavy atom. The van der Waals surface area contributed by atoms with E-state index in [0.717, 1.165) is 22.5 Å². The summed E-state index contributed by atoms with van der Waals surface area (Å²) in [6, 6.07) is 16.7. The number of thioether (sulfide) groups is 1. The second-order valence-corrected chi connectivity index (χ2v) is 10.9. The molecule has 7 nitrogen and oxygen atoms in total. The summed E-state index contributed by atoms with van der Waals surface area (Å²) in [6.45, 7) is 4.67. The van der Waals surface area contributed by atoms with E-state index < -0.39 is 0 Å². The Morgan fingerprint density at radius 1 is 1.22 bits per heavy atom. The zero-order valence-corrected chi connectivity index (χ0v) is 22.0. The van der Waals surface area contributed by atoms with Crippen molar-refractivity contribution < 1.29 is 14.3 Å². The first-order chi connectivity index (χ1) is 17.4. The molecule has 2 aromatic carbocycles. The van der Waals surface area contributed by atoms with Gasteiger partial charge in [-0.15, -0.1) is 11.3 Å². The van der Waals surface area contributed by atoms with E-state index >= 15 is 0 Å². The molecule has 5 rings (SSSR count). The van der Waals surface area contributed by atoms with Gasteiger partial charge in [-0.25, -0.2) is 4.98 Å². The maximum Gasteiger partial charge on any atom is 0.267 e. The Kier molecular flexibility index (Phi) is 6.87. The van der Waals surface area contributed by atoms with Crippen LogP contribution < -0.4 is 15.6 Å². The van der Waals surface area contributed by atoms with E-state index in [1.54, 1.807) is 23.8 Å². The molecule has 0 radical (unpaired) electrons. The average Bonchev–Trinajstić information content (AvgIpc) is 3.25. The van der Waals surface area contributed by atoms with Crippen LogP contribution in [0.1, 0.15) is 30.7 Å². The van der Waals surface area contributed by atoms with Crippen molar-refractivity contribution in [1.82, 2.24) is 9.55 Å². The summed E-state index contributed by atoms with van der Waals surface area (Å²) in [5.74, 6) is 0.461. The van der Waals surface area contributed by atoms with E-state index in [9.17, 15) is 9.59 Å². The number of anilines is 1. The van der Waals surface area contributed by atoms with Crippen LogP contribution in [-0.2, 0) is 22.6 Å². The predicted molar refractivity (Wildman–Crippen MR) is 145 cm³/mol. The van der Waals surface area contributed by atoms with Gasteiger partial charge < -0.3 is 14.8 Å². The minimum atomic E-state index is -0.297. The molecule has 0 saturated heterocycles. The van der Waals surface area contributed by atoms with Gasteiger partial charge in [-0.3, -0.25) is 14.2 Å². The highest BCUT2D eigenvalue weighted by atomic mass is 32.2. The second kappa shape index (κ2) is 10.1. The molecule has 0 bridgehead atoms. The number of fused-ring (bicyclic) bond motifs is 3. The Hall–Kier alpha value is -3.14. The van der Waals surface area contributed by atoms with E-state index in [1.807, 2.05) is 42.5 Å². The Bertz CT molecular complexity index is 1480. The molecule has 0 saturated carbocycles. The highest BCUT2D eigenvalue weighted by Gasteiger charge is 2.33. The molecule has 3 heterocycles. The largest absolute Gasteiger partial charge is 0.495 e. The molecule has 36 heavy (non-hydrogen) atoms. The molecule has 0 aliphatic carbocycles. The van der Waals surface area contributed by atoms with Crippen LogP contribution in [0.15, 0.2) is 64.5 Å². The van der Waals surface area contributed by atoms with Gasteiger partial charge in [-0.05, 0) is 43.2 Å². The standard InChI is InChI=1S/C27H27N3O4S2/c1-4-27(2)14-18-21(15-34-27)36-24-23(18)25(32)30(17-10-6-5-7-11-17)26(29-24)35-16-22(31)28-19-12-8-9-13-20(19)33-3/h5-13H,4,14-16H2,1-3H3,(H,28,31). The van der Waals surface area contributed by atoms with Crippen molar-refractivity contribution in [2.75, 3.05) is 18.2 Å². The Labute approximate surface area is 217 Å². The molecule has 0 fully saturated rings. The van der Waals surface area contributed by atoms with Crippen LogP contribution in [-0.4, -0.2) is 33.9 Å². The lowest BCUT2D eigenvalue weighted by Crippen LogP contribution is -2.34. The van der Waals surface area contributed by atoms with Gasteiger partial charge in [0.2, 0.25) is 5.91 Å². The monoisotopic (exact) mass is 521 g/mol. The van der Waals surface area contributed by atoms with Crippen LogP contribution in [0.25, 0.3) is 15.9 Å². The number of methoxy groups -OCH3 is 1. The highest BCUT2D eigenvalue weighted by molar-refractivity contribution is 7.99. The maximum absolute atomic E-state index is 14.0. The third-order valence-electron chi connectivity index (χ3n) is 6.46. The third-order valence-corrected chi connectivity index (χ3v) is 8.49. The van der Waals surface area contributed by atoms with Gasteiger partial charge in [0, 0.05) is 11.3 Å². The minimum absolute atomic E-state index is 0.0882. The van der Waals surface area contributed by atoms with Gasteiger partial charge in [0.05, 0.1) is 41.8 Å². The van der Waals surface area contributed by atoms with Gasteiger partial charge in [0.25, 0.3) is 5.56 Å². The molecule has 1 unspecified atom stereocenters. The Morgan fingerprint density at radius 3 is 2.72 bits per heavy atom. The first kappa shape index (κ1) is 24.5. The van der Waals surface area contributed by atoms with Crippen molar-refractivity contribution in [1.29, 1.82) is 0 Å². The van der Waals surface area contributed by atoms with E-state index in [4.69, 9.17) is 14.5 Å². The zero-order valence-electron chi connectivity index (χ0n) is 20.4. The highest BCUT2D eigenvalue weighted by Crippen LogP contribution is 2.39. The number of aromatic nitrogens is 2. The zero-order chi connectivity index (χ0) is 25.3. The fourth-order valence-corrected chi connectivity index (χ4v) is 6.25. The molecular formula is C27H27N3O4S2. The molecule has 0 spiro atoms. The lowest BCUT2D eigenvalue weighted by molar-refractivity contribution is -0.113. The second-order valence-electron chi connectivity index (χ2n) is 8.86. The van der Waals surface area contributed by atoms with Crippen LogP contribution in [0.5, 0.6) is 5.75 Å². The summed E-state index contributed by atoms with van der Waals surface area (Å²) < 4.78 is 13.1. The fourth-order valence-electron chi connectivity index (χ4n) is 4.29. The molecule has 4 aromatic rings. The maximum atomic E-state index is 14.0. The lowest BCUT2D eigenvalue weighted by atomic mass is 9.90. The quantitative estimate of drug-likeness (QED) is 0.258.